The maximum Gasteiger partial charge on any atom is 0.306 e. The second-order valence-electron chi connectivity index (χ2n) is 4.75. The summed E-state index contributed by atoms with van der Waals surface area (Å²) in [6.07, 6.45) is -0.655. The first-order valence-electron chi connectivity index (χ1n) is 6.45. The maximum absolute atomic E-state index is 12.0. The Balaban J connectivity index is 1.93. The second kappa shape index (κ2) is 6.49. The van der Waals surface area contributed by atoms with Crippen molar-refractivity contribution in [2.45, 2.75) is 25.6 Å². The molecule has 0 radical (unpaired) electrons. The largest absolute Gasteiger partial charge is 0.481 e. The smallest absolute Gasteiger partial charge is 0.306 e. The van der Waals surface area contributed by atoms with Crippen molar-refractivity contribution >= 4 is 11.9 Å². The molecule has 0 bridgehead atoms. The molecule has 2 rings (SSSR count). The molecule has 1 aliphatic heterocycles. The van der Waals surface area contributed by atoms with Crippen LogP contribution in [0.15, 0.2) is 18.2 Å². The van der Waals surface area contributed by atoms with Gasteiger partial charge in [0.15, 0.2) is 0 Å². The van der Waals surface area contributed by atoms with Crippen LogP contribution in [0.25, 0.3) is 0 Å². The SMILES string of the molecule is COC(CNC(=O)c1ccc2c(c1)CNC2)CC(=O)O. The first kappa shape index (κ1) is 14.5. The minimum Gasteiger partial charge on any atom is -0.481 e. The van der Waals surface area contributed by atoms with Crippen molar-refractivity contribution < 1.29 is 19.4 Å². The van der Waals surface area contributed by atoms with Crippen molar-refractivity contribution in [2.24, 2.45) is 0 Å². The van der Waals surface area contributed by atoms with Crippen LogP contribution in [0.3, 0.4) is 0 Å². The molecule has 1 unspecified atom stereocenters. The van der Waals surface area contributed by atoms with Gasteiger partial charge in [0.05, 0.1) is 12.5 Å². The van der Waals surface area contributed by atoms with E-state index in [9.17, 15) is 9.59 Å². The number of amides is 1. The maximum atomic E-state index is 12.0. The van der Waals surface area contributed by atoms with Crippen molar-refractivity contribution in [1.29, 1.82) is 0 Å². The number of carboxylic acids is 1. The van der Waals surface area contributed by atoms with E-state index in [0.717, 1.165) is 18.7 Å². The van der Waals surface area contributed by atoms with Crippen LogP contribution in [-0.2, 0) is 22.6 Å². The summed E-state index contributed by atoms with van der Waals surface area (Å²) in [6, 6.07) is 5.58. The number of carbonyl (C=O) groups is 2. The zero-order chi connectivity index (χ0) is 14.5. The third-order valence-corrected chi connectivity index (χ3v) is 3.33. The number of aliphatic carboxylic acids is 1. The molecule has 1 atom stereocenters. The summed E-state index contributed by atoms with van der Waals surface area (Å²) < 4.78 is 5.02. The molecule has 3 N–H and O–H groups in total. The lowest BCUT2D eigenvalue weighted by Crippen LogP contribution is -2.34. The Morgan fingerprint density at radius 1 is 1.40 bits per heavy atom. The third-order valence-electron chi connectivity index (χ3n) is 3.33. The standard InChI is InChI=1S/C14H18N2O4/c1-20-12(5-13(17)18)8-16-14(19)9-2-3-10-6-15-7-11(10)4-9/h2-4,12,15H,5-8H2,1H3,(H,16,19)(H,17,18). The molecule has 1 amide bonds. The van der Waals surface area contributed by atoms with Gasteiger partial charge in [-0.3, -0.25) is 9.59 Å². The van der Waals surface area contributed by atoms with E-state index in [4.69, 9.17) is 9.84 Å². The van der Waals surface area contributed by atoms with Crippen LogP contribution in [0, 0.1) is 0 Å². The first-order valence-corrected chi connectivity index (χ1v) is 6.45. The van der Waals surface area contributed by atoms with Gasteiger partial charge in [0.1, 0.15) is 0 Å². The normalized spacial score (nSPS) is 14.7. The minimum atomic E-state index is -0.949. The molecule has 108 valence electrons. The van der Waals surface area contributed by atoms with Crippen LogP contribution in [0.4, 0.5) is 0 Å². The zero-order valence-corrected chi connectivity index (χ0v) is 11.3. The second-order valence-corrected chi connectivity index (χ2v) is 4.75. The quantitative estimate of drug-likeness (QED) is 0.705. The number of ether oxygens (including phenoxy) is 1. The number of carboxylic acid groups (broad SMARTS) is 1. The van der Waals surface area contributed by atoms with Crippen molar-refractivity contribution in [3.05, 3.63) is 34.9 Å². The Bertz CT molecular complexity index is 516. The lowest BCUT2D eigenvalue weighted by molar-refractivity contribution is -0.139. The Labute approximate surface area is 117 Å². The van der Waals surface area contributed by atoms with Gasteiger partial charge >= 0.3 is 5.97 Å². The summed E-state index contributed by atoms with van der Waals surface area (Å²) >= 11 is 0. The predicted octanol–water partition coefficient (Wildman–Crippen LogP) is 0.509. The average molecular weight is 278 g/mol. The fourth-order valence-corrected chi connectivity index (χ4v) is 2.18. The number of rotatable bonds is 6. The van der Waals surface area contributed by atoms with Gasteiger partial charge in [-0.15, -0.1) is 0 Å². The highest BCUT2D eigenvalue weighted by atomic mass is 16.5. The molecule has 0 aliphatic carbocycles. The molecule has 0 aromatic heterocycles. The number of hydrogen-bond donors (Lipinski definition) is 3. The molecule has 1 heterocycles. The molecule has 1 aliphatic rings. The molecule has 6 heteroatoms. The molecule has 1 aromatic rings. The lowest BCUT2D eigenvalue weighted by atomic mass is 10.1. The molecule has 0 saturated carbocycles. The van der Waals surface area contributed by atoms with Crippen molar-refractivity contribution in [3.63, 3.8) is 0 Å². The zero-order valence-electron chi connectivity index (χ0n) is 11.3. The Kier molecular flexibility index (Phi) is 4.70. The van der Waals surface area contributed by atoms with E-state index in [-0.39, 0.29) is 18.9 Å². The van der Waals surface area contributed by atoms with E-state index < -0.39 is 12.1 Å². The summed E-state index contributed by atoms with van der Waals surface area (Å²) in [4.78, 5) is 22.6. The van der Waals surface area contributed by atoms with Crippen molar-refractivity contribution in [1.82, 2.24) is 10.6 Å². The van der Waals surface area contributed by atoms with Gasteiger partial charge in [-0.1, -0.05) is 6.07 Å². The van der Waals surface area contributed by atoms with Gasteiger partial charge in [-0.05, 0) is 23.3 Å². The number of nitrogens with one attached hydrogen (secondary N) is 2. The van der Waals surface area contributed by atoms with E-state index in [2.05, 4.69) is 10.6 Å². The number of hydrogen-bond acceptors (Lipinski definition) is 4. The molecule has 20 heavy (non-hydrogen) atoms. The highest BCUT2D eigenvalue weighted by Crippen LogP contribution is 2.16. The Morgan fingerprint density at radius 2 is 2.15 bits per heavy atom. The average Bonchev–Trinajstić information content (AvgIpc) is 2.89. The fourth-order valence-electron chi connectivity index (χ4n) is 2.18. The molecule has 0 saturated heterocycles. The first-order chi connectivity index (χ1) is 9.60. The molecule has 0 fully saturated rings. The van der Waals surface area contributed by atoms with E-state index in [1.807, 2.05) is 12.1 Å². The van der Waals surface area contributed by atoms with Crippen LogP contribution in [0.5, 0.6) is 0 Å². The van der Waals surface area contributed by atoms with E-state index in [1.165, 1.54) is 12.7 Å². The fraction of sp³-hybridized carbons (Fsp3) is 0.429. The van der Waals surface area contributed by atoms with Gasteiger partial charge < -0.3 is 20.5 Å². The Morgan fingerprint density at radius 3 is 2.85 bits per heavy atom. The van der Waals surface area contributed by atoms with Crippen LogP contribution >= 0.6 is 0 Å². The van der Waals surface area contributed by atoms with E-state index >= 15 is 0 Å². The number of benzene rings is 1. The van der Waals surface area contributed by atoms with Gasteiger partial charge in [0, 0.05) is 32.3 Å². The number of methoxy groups -OCH3 is 1. The topological polar surface area (TPSA) is 87.7 Å². The monoisotopic (exact) mass is 278 g/mol. The van der Waals surface area contributed by atoms with Gasteiger partial charge in [-0.2, -0.15) is 0 Å². The predicted molar refractivity (Wildman–Crippen MR) is 72.4 cm³/mol. The highest BCUT2D eigenvalue weighted by Gasteiger charge is 2.16. The molecular formula is C14H18N2O4. The van der Waals surface area contributed by atoms with E-state index in [1.54, 1.807) is 6.07 Å². The van der Waals surface area contributed by atoms with Gasteiger partial charge in [0.2, 0.25) is 0 Å². The summed E-state index contributed by atoms with van der Waals surface area (Å²) in [5.74, 6) is -1.16. The molecule has 0 spiro atoms. The molecular weight excluding hydrogens is 260 g/mol. The third kappa shape index (κ3) is 3.55. The van der Waals surface area contributed by atoms with Crippen LogP contribution in [0.1, 0.15) is 27.9 Å². The lowest BCUT2D eigenvalue weighted by Gasteiger charge is -2.14. The van der Waals surface area contributed by atoms with Crippen molar-refractivity contribution in [3.8, 4) is 0 Å². The summed E-state index contributed by atoms with van der Waals surface area (Å²) in [5.41, 5.74) is 2.92. The summed E-state index contributed by atoms with van der Waals surface area (Å²) in [7, 11) is 1.43. The summed E-state index contributed by atoms with van der Waals surface area (Å²) in [6.45, 7) is 1.79. The van der Waals surface area contributed by atoms with Crippen molar-refractivity contribution in [2.75, 3.05) is 13.7 Å². The van der Waals surface area contributed by atoms with Gasteiger partial charge in [0.25, 0.3) is 5.91 Å². The Hall–Kier alpha value is -1.92. The molecule has 1 aromatic carbocycles. The minimum absolute atomic E-state index is 0.134. The highest BCUT2D eigenvalue weighted by molar-refractivity contribution is 5.94. The van der Waals surface area contributed by atoms with Crippen LogP contribution < -0.4 is 10.6 Å². The summed E-state index contributed by atoms with van der Waals surface area (Å²) in [5, 5.41) is 14.6. The van der Waals surface area contributed by atoms with Gasteiger partial charge in [-0.25, -0.2) is 0 Å². The molecule has 6 nitrogen and oxygen atoms in total. The number of carbonyl (C=O) groups excluding carboxylic acids is 1. The van der Waals surface area contributed by atoms with Crippen LogP contribution in [0.2, 0.25) is 0 Å². The van der Waals surface area contributed by atoms with Crippen LogP contribution in [-0.4, -0.2) is 36.7 Å². The number of fused-ring (bicyclic) bond motifs is 1. The van der Waals surface area contributed by atoms with E-state index in [0.29, 0.717) is 5.56 Å².